The third-order valence-corrected chi connectivity index (χ3v) is 2.72. The molecule has 2 heteroatoms. The molecule has 0 aliphatic carbocycles. The summed E-state index contributed by atoms with van der Waals surface area (Å²) in [5.41, 5.74) is 2.44. The highest BCUT2D eigenvalue weighted by atomic mass is 14.9. The molecule has 2 nitrogen and oxygen atoms in total. The maximum absolute atomic E-state index is 4.35. The van der Waals surface area contributed by atoms with Gasteiger partial charge in [0, 0.05) is 17.9 Å². The van der Waals surface area contributed by atoms with Gasteiger partial charge in [-0.05, 0) is 44.4 Å². The van der Waals surface area contributed by atoms with Crippen LogP contribution in [-0.2, 0) is 0 Å². The van der Waals surface area contributed by atoms with E-state index in [0.29, 0.717) is 6.04 Å². The molecule has 1 rings (SSSR count). The van der Waals surface area contributed by atoms with Crippen LogP contribution in [0.5, 0.6) is 0 Å². The first-order valence-corrected chi connectivity index (χ1v) is 6.05. The molecule has 0 aliphatic rings. The molecule has 88 valence electrons. The van der Waals surface area contributed by atoms with Crippen molar-refractivity contribution in [2.75, 3.05) is 6.54 Å². The molecule has 1 aromatic rings. The number of aryl methyl sites for hydroxylation is 1. The predicted molar refractivity (Wildman–Crippen MR) is 69.4 cm³/mol. The fourth-order valence-corrected chi connectivity index (χ4v) is 1.84. The molecule has 1 atom stereocenters. The minimum absolute atomic E-state index is 0.409. The van der Waals surface area contributed by atoms with Crippen LogP contribution in [0.3, 0.4) is 0 Å². The van der Waals surface area contributed by atoms with Gasteiger partial charge in [0.1, 0.15) is 0 Å². The summed E-state index contributed by atoms with van der Waals surface area (Å²) in [6.45, 7) is 9.10. The monoisotopic (exact) mass is 218 g/mol. The number of hydrogen-bond acceptors (Lipinski definition) is 2. The molecule has 1 unspecified atom stereocenters. The predicted octanol–water partition coefficient (Wildman–Crippen LogP) is 3.40. The highest BCUT2D eigenvalue weighted by molar-refractivity contribution is 5.22. The summed E-state index contributed by atoms with van der Waals surface area (Å²) in [7, 11) is 0. The first-order valence-electron chi connectivity index (χ1n) is 6.05. The highest BCUT2D eigenvalue weighted by Gasteiger charge is 2.12. The summed E-state index contributed by atoms with van der Waals surface area (Å²) < 4.78 is 0. The maximum Gasteiger partial charge on any atom is 0.0420 e. The van der Waals surface area contributed by atoms with Gasteiger partial charge in [0.25, 0.3) is 0 Å². The van der Waals surface area contributed by atoms with Crippen molar-refractivity contribution in [1.29, 1.82) is 0 Å². The van der Waals surface area contributed by atoms with Crippen LogP contribution in [0.1, 0.15) is 43.5 Å². The second kappa shape index (κ2) is 7.18. The van der Waals surface area contributed by atoms with Crippen LogP contribution >= 0.6 is 0 Å². The second-order valence-corrected chi connectivity index (χ2v) is 4.05. The van der Waals surface area contributed by atoms with Gasteiger partial charge in [-0.2, -0.15) is 0 Å². The van der Waals surface area contributed by atoms with Crippen molar-refractivity contribution in [2.45, 2.75) is 39.2 Å². The van der Waals surface area contributed by atoms with E-state index in [4.69, 9.17) is 0 Å². The van der Waals surface area contributed by atoms with Gasteiger partial charge >= 0.3 is 0 Å². The summed E-state index contributed by atoms with van der Waals surface area (Å²) in [4.78, 5) is 4.35. The Kier molecular flexibility index (Phi) is 5.79. The van der Waals surface area contributed by atoms with E-state index in [2.05, 4.69) is 36.8 Å². The Morgan fingerprint density at radius 1 is 1.56 bits per heavy atom. The van der Waals surface area contributed by atoms with Crippen molar-refractivity contribution in [2.24, 2.45) is 0 Å². The molecule has 0 amide bonds. The van der Waals surface area contributed by atoms with Crippen molar-refractivity contribution < 1.29 is 0 Å². The molecule has 0 spiro atoms. The lowest BCUT2D eigenvalue weighted by Crippen LogP contribution is -2.23. The van der Waals surface area contributed by atoms with E-state index in [9.17, 15) is 0 Å². The van der Waals surface area contributed by atoms with Crippen molar-refractivity contribution >= 4 is 0 Å². The summed E-state index contributed by atoms with van der Waals surface area (Å²) >= 11 is 0. The number of allylic oxidation sites excluding steroid dienone is 1. The minimum Gasteiger partial charge on any atom is -0.310 e. The van der Waals surface area contributed by atoms with Gasteiger partial charge in [-0.15, -0.1) is 6.58 Å². The standard InChI is InChI=1S/C14H22N2/c1-4-6-9-14(16-10-5-2)13-8-7-11-15-12(13)3/h4,7-8,11,14,16H,1,5-6,9-10H2,2-3H3. The van der Waals surface area contributed by atoms with Gasteiger partial charge in [0.05, 0.1) is 0 Å². The topological polar surface area (TPSA) is 24.9 Å². The van der Waals surface area contributed by atoms with E-state index in [0.717, 1.165) is 31.5 Å². The van der Waals surface area contributed by atoms with Gasteiger partial charge in [-0.1, -0.05) is 19.1 Å². The van der Waals surface area contributed by atoms with Gasteiger partial charge in [-0.3, -0.25) is 4.98 Å². The first kappa shape index (κ1) is 12.9. The van der Waals surface area contributed by atoms with Crippen molar-refractivity contribution in [3.05, 3.63) is 42.2 Å². The Labute approximate surface area is 98.8 Å². The van der Waals surface area contributed by atoms with E-state index in [-0.39, 0.29) is 0 Å². The zero-order chi connectivity index (χ0) is 11.8. The van der Waals surface area contributed by atoms with Gasteiger partial charge < -0.3 is 5.32 Å². The molecule has 0 saturated heterocycles. The summed E-state index contributed by atoms with van der Waals surface area (Å²) in [5.74, 6) is 0. The fraction of sp³-hybridized carbons (Fsp3) is 0.500. The van der Waals surface area contributed by atoms with Crippen LogP contribution in [0.25, 0.3) is 0 Å². The van der Waals surface area contributed by atoms with E-state index in [1.165, 1.54) is 5.56 Å². The van der Waals surface area contributed by atoms with Crippen LogP contribution in [0.15, 0.2) is 31.0 Å². The van der Waals surface area contributed by atoms with Crippen LogP contribution in [-0.4, -0.2) is 11.5 Å². The van der Waals surface area contributed by atoms with Crippen LogP contribution in [0.4, 0.5) is 0 Å². The van der Waals surface area contributed by atoms with Crippen molar-refractivity contribution in [1.82, 2.24) is 10.3 Å². The maximum atomic E-state index is 4.35. The molecule has 1 heterocycles. The van der Waals surface area contributed by atoms with Crippen LogP contribution < -0.4 is 5.32 Å². The largest absolute Gasteiger partial charge is 0.310 e. The third kappa shape index (κ3) is 3.78. The quantitative estimate of drug-likeness (QED) is 0.709. The van der Waals surface area contributed by atoms with Gasteiger partial charge in [0.15, 0.2) is 0 Å². The van der Waals surface area contributed by atoms with E-state index in [1.54, 1.807) is 0 Å². The van der Waals surface area contributed by atoms with Gasteiger partial charge in [0.2, 0.25) is 0 Å². The smallest absolute Gasteiger partial charge is 0.0420 e. The normalized spacial score (nSPS) is 12.4. The Morgan fingerprint density at radius 2 is 2.38 bits per heavy atom. The number of aromatic nitrogens is 1. The molecule has 0 radical (unpaired) electrons. The van der Waals surface area contributed by atoms with Crippen molar-refractivity contribution in [3.8, 4) is 0 Å². The Balaban J connectivity index is 2.74. The van der Waals surface area contributed by atoms with Crippen molar-refractivity contribution in [3.63, 3.8) is 0 Å². The zero-order valence-corrected chi connectivity index (χ0v) is 10.4. The molecule has 0 aromatic carbocycles. The molecule has 0 bridgehead atoms. The van der Waals surface area contributed by atoms with Crippen LogP contribution in [0.2, 0.25) is 0 Å². The minimum atomic E-state index is 0.409. The highest BCUT2D eigenvalue weighted by Crippen LogP contribution is 2.20. The third-order valence-electron chi connectivity index (χ3n) is 2.72. The number of hydrogen-bond donors (Lipinski definition) is 1. The zero-order valence-electron chi connectivity index (χ0n) is 10.4. The van der Waals surface area contributed by atoms with E-state index >= 15 is 0 Å². The Morgan fingerprint density at radius 3 is 3.00 bits per heavy atom. The average molecular weight is 218 g/mol. The average Bonchev–Trinajstić information content (AvgIpc) is 2.31. The van der Waals surface area contributed by atoms with Crippen LogP contribution in [0, 0.1) is 6.92 Å². The fourth-order valence-electron chi connectivity index (χ4n) is 1.84. The first-order chi connectivity index (χ1) is 7.79. The molecular weight excluding hydrogens is 196 g/mol. The number of nitrogens with one attached hydrogen (secondary N) is 1. The second-order valence-electron chi connectivity index (χ2n) is 4.05. The molecule has 0 saturated carbocycles. The Hall–Kier alpha value is -1.15. The SMILES string of the molecule is C=CCCC(NCCC)c1cccnc1C. The lowest BCUT2D eigenvalue weighted by atomic mass is 10.0. The molecular formula is C14H22N2. The van der Waals surface area contributed by atoms with Gasteiger partial charge in [-0.25, -0.2) is 0 Å². The molecule has 0 fully saturated rings. The summed E-state index contributed by atoms with van der Waals surface area (Å²) in [5, 5.41) is 3.57. The Bertz CT molecular complexity index is 320. The molecule has 1 aromatic heterocycles. The number of pyridine rings is 1. The lowest BCUT2D eigenvalue weighted by Gasteiger charge is -2.19. The molecule has 1 N–H and O–H groups in total. The molecule has 0 aliphatic heterocycles. The lowest BCUT2D eigenvalue weighted by molar-refractivity contribution is 0.499. The van der Waals surface area contributed by atoms with E-state index < -0.39 is 0 Å². The van der Waals surface area contributed by atoms with E-state index in [1.807, 2.05) is 18.3 Å². The summed E-state index contributed by atoms with van der Waals surface area (Å²) in [6, 6.07) is 4.59. The number of nitrogens with zero attached hydrogens (tertiary/aromatic N) is 1. The number of rotatable bonds is 7. The summed E-state index contributed by atoms with van der Waals surface area (Å²) in [6.07, 6.45) is 7.12. The molecule has 16 heavy (non-hydrogen) atoms.